The second-order valence-electron chi connectivity index (χ2n) is 3.01. The average Bonchev–Trinajstić information content (AvgIpc) is 1.63. The van der Waals surface area contributed by atoms with Crippen LogP contribution in [0.3, 0.4) is 0 Å². The Kier molecular flexibility index (Phi) is 3.82. The van der Waals surface area contributed by atoms with Gasteiger partial charge < -0.3 is 5.11 Å². The van der Waals surface area contributed by atoms with E-state index in [1.165, 1.54) is 0 Å². The van der Waals surface area contributed by atoms with Crippen molar-refractivity contribution in [3.63, 3.8) is 0 Å². The minimum absolute atomic E-state index is 0.299. The highest BCUT2D eigenvalue weighted by Crippen LogP contribution is 1.97. The van der Waals surface area contributed by atoms with Crippen LogP contribution in [0.1, 0.15) is 27.7 Å². The van der Waals surface area contributed by atoms with Gasteiger partial charge in [0.15, 0.2) is 0 Å². The van der Waals surface area contributed by atoms with Crippen LogP contribution in [0.15, 0.2) is 0 Å². The highest BCUT2D eigenvalue weighted by Gasteiger charge is 2.08. The van der Waals surface area contributed by atoms with E-state index in [0.717, 1.165) is 0 Å². The predicted molar refractivity (Wildman–Crippen MR) is 39.1 cm³/mol. The van der Waals surface area contributed by atoms with Crippen LogP contribution in [-0.4, -0.2) is 17.4 Å². The first-order valence-corrected chi connectivity index (χ1v) is 3.48. The van der Waals surface area contributed by atoms with E-state index >= 15 is 0 Å². The molecule has 0 bridgehead atoms. The van der Waals surface area contributed by atoms with Gasteiger partial charge in [-0.1, -0.05) is 13.8 Å². The summed E-state index contributed by atoms with van der Waals surface area (Å²) < 4.78 is 0. The maximum atomic E-state index is 9.19. The van der Waals surface area contributed by atoms with Crippen molar-refractivity contribution in [1.29, 1.82) is 0 Å². The van der Waals surface area contributed by atoms with Crippen molar-refractivity contribution in [3.8, 4) is 0 Å². The van der Waals surface area contributed by atoms with Crippen LogP contribution in [0.5, 0.6) is 0 Å². The standard InChI is InChI=1S/C7H17NO/c1-5(2)7(9)8-6(3)4/h5-9H,1-4H3. The molecule has 9 heavy (non-hydrogen) atoms. The summed E-state index contributed by atoms with van der Waals surface area (Å²) in [6, 6.07) is 0.363. The average molecular weight is 131 g/mol. The molecule has 0 saturated heterocycles. The normalized spacial score (nSPS) is 15.0. The van der Waals surface area contributed by atoms with Crippen molar-refractivity contribution in [3.05, 3.63) is 0 Å². The Bertz CT molecular complexity index is 71.3. The molecule has 0 spiro atoms. The molecule has 0 aromatic rings. The molecular formula is C7H17NO. The zero-order valence-corrected chi connectivity index (χ0v) is 6.68. The van der Waals surface area contributed by atoms with Crippen LogP contribution in [0, 0.1) is 5.92 Å². The molecule has 0 radical (unpaired) electrons. The molecule has 0 rings (SSSR count). The molecule has 56 valence electrons. The van der Waals surface area contributed by atoms with Gasteiger partial charge >= 0.3 is 0 Å². The van der Waals surface area contributed by atoms with E-state index in [9.17, 15) is 5.11 Å². The van der Waals surface area contributed by atoms with Gasteiger partial charge in [-0.05, 0) is 19.8 Å². The fourth-order valence-corrected chi connectivity index (χ4v) is 0.534. The molecule has 0 fully saturated rings. The van der Waals surface area contributed by atoms with Crippen molar-refractivity contribution in [1.82, 2.24) is 5.32 Å². The molecule has 2 heteroatoms. The van der Waals surface area contributed by atoms with Gasteiger partial charge in [0.05, 0.1) is 0 Å². The molecule has 0 heterocycles. The lowest BCUT2D eigenvalue weighted by atomic mass is 10.2. The Labute approximate surface area is 57.3 Å². The first-order chi connectivity index (χ1) is 4.04. The van der Waals surface area contributed by atoms with Crippen LogP contribution in [-0.2, 0) is 0 Å². The highest BCUT2D eigenvalue weighted by atomic mass is 16.3. The Hall–Kier alpha value is -0.0800. The molecule has 0 saturated carbocycles. The molecule has 2 N–H and O–H groups in total. The summed E-state index contributed by atoms with van der Waals surface area (Å²) in [7, 11) is 0. The SMILES string of the molecule is CC(C)NC(O)C(C)C. The van der Waals surface area contributed by atoms with Crippen LogP contribution < -0.4 is 5.32 Å². The molecule has 0 aromatic heterocycles. The third-order valence-corrected chi connectivity index (χ3v) is 1.14. The lowest BCUT2D eigenvalue weighted by Crippen LogP contribution is -2.38. The lowest BCUT2D eigenvalue weighted by molar-refractivity contribution is 0.0822. The Balaban J connectivity index is 3.38. The maximum absolute atomic E-state index is 9.19. The molecule has 1 atom stereocenters. The molecule has 0 aliphatic carbocycles. The molecule has 2 nitrogen and oxygen atoms in total. The minimum atomic E-state index is -0.356. The van der Waals surface area contributed by atoms with Gasteiger partial charge in [-0.25, -0.2) is 0 Å². The topological polar surface area (TPSA) is 32.3 Å². The highest BCUT2D eigenvalue weighted by molar-refractivity contribution is 4.60. The quantitative estimate of drug-likeness (QED) is 0.559. The van der Waals surface area contributed by atoms with Crippen molar-refractivity contribution in [2.45, 2.75) is 40.0 Å². The number of rotatable bonds is 3. The largest absolute Gasteiger partial charge is 0.378 e. The molecule has 0 amide bonds. The maximum Gasteiger partial charge on any atom is 0.107 e. The van der Waals surface area contributed by atoms with Crippen LogP contribution in [0.2, 0.25) is 0 Å². The van der Waals surface area contributed by atoms with E-state index in [1.54, 1.807) is 0 Å². The minimum Gasteiger partial charge on any atom is -0.378 e. The predicted octanol–water partition coefficient (Wildman–Crippen LogP) is 0.959. The van der Waals surface area contributed by atoms with Gasteiger partial charge in [-0.3, -0.25) is 5.32 Å². The van der Waals surface area contributed by atoms with Gasteiger partial charge in [0.1, 0.15) is 6.23 Å². The summed E-state index contributed by atoms with van der Waals surface area (Å²) in [4.78, 5) is 0. The van der Waals surface area contributed by atoms with Crippen LogP contribution >= 0.6 is 0 Å². The summed E-state index contributed by atoms with van der Waals surface area (Å²) in [6.45, 7) is 8.01. The van der Waals surface area contributed by atoms with E-state index in [2.05, 4.69) is 5.32 Å². The molecule has 1 unspecified atom stereocenters. The van der Waals surface area contributed by atoms with Crippen molar-refractivity contribution in [2.24, 2.45) is 5.92 Å². The van der Waals surface area contributed by atoms with Gasteiger partial charge in [0.25, 0.3) is 0 Å². The second kappa shape index (κ2) is 3.85. The van der Waals surface area contributed by atoms with E-state index < -0.39 is 0 Å². The van der Waals surface area contributed by atoms with Crippen LogP contribution in [0.25, 0.3) is 0 Å². The van der Waals surface area contributed by atoms with Crippen molar-refractivity contribution in [2.75, 3.05) is 0 Å². The van der Waals surface area contributed by atoms with Gasteiger partial charge in [-0.2, -0.15) is 0 Å². The second-order valence-corrected chi connectivity index (χ2v) is 3.01. The van der Waals surface area contributed by atoms with E-state index in [4.69, 9.17) is 0 Å². The molecular weight excluding hydrogens is 114 g/mol. The molecule has 0 aromatic carbocycles. The summed E-state index contributed by atoms with van der Waals surface area (Å²) in [5.74, 6) is 0.299. The molecule has 0 aliphatic heterocycles. The third-order valence-electron chi connectivity index (χ3n) is 1.14. The monoisotopic (exact) mass is 131 g/mol. The van der Waals surface area contributed by atoms with E-state index in [1.807, 2.05) is 27.7 Å². The zero-order valence-electron chi connectivity index (χ0n) is 6.68. The Morgan fingerprint density at radius 3 is 1.67 bits per heavy atom. The third kappa shape index (κ3) is 4.43. The lowest BCUT2D eigenvalue weighted by Gasteiger charge is -2.18. The summed E-state index contributed by atoms with van der Waals surface area (Å²) in [5, 5.41) is 12.2. The van der Waals surface area contributed by atoms with E-state index in [-0.39, 0.29) is 6.23 Å². The number of hydrogen-bond acceptors (Lipinski definition) is 2. The summed E-state index contributed by atoms with van der Waals surface area (Å²) in [5.41, 5.74) is 0. The van der Waals surface area contributed by atoms with Crippen molar-refractivity contribution < 1.29 is 5.11 Å². The van der Waals surface area contributed by atoms with Gasteiger partial charge in [0.2, 0.25) is 0 Å². The van der Waals surface area contributed by atoms with Gasteiger partial charge in [-0.15, -0.1) is 0 Å². The molecule has 0 aliphatic rings. The fourth-order valence-electron chi connectivity index (χ4n) is 0.534. The Morgan fingerprint density at radius 1 is 1.11 bits per heavy atom. The van der Waals surface area contributed by atoms with E-state index in [0.29, 0.717) is 12.0 Å². The number of hydrogen-bond donors (Lipinski definition) is 2. The van der Waals surface area contributed by atoms with Crippen molar-refractivity contribution >= 4 is 0 Å². The first kappa shape index (κ1) is 8.92. The first-order valence-electron chi connectivity index (χ1n) is 3.48. The number of aliphatic hydroxyl groups excluding tert-OH is 1. The summed E-state index contributed by atoms with van der Waals surface area (Å²) >= 11 is 0. The fraction of sp³-hybridized carbons (Fsp3) is 1.00. The smallest absolute Gasteiger partial charge is 0.107 e. The number of nitrogens with one attached hydrogen (secondary N) is 1. The Morgan fingerprint density at radius 2 is 1.56 bits per heavy atom. The summed E-state index contributed by atoms with van der Waals surface area (Å²) in [6.07, 6.45) is -0.356. The van der Waals surface area contributed by atoms with Gasteiger partial charge in [0, 0.05) is 6.04 Å². The zero-order chi connectivity index (χ0) is 7.44. The van der Waals surface area contributed by atoms with Crippen LogP contribution in [0.4, 0.5) is 0 Å². The number of aliphatic hydroxyl groups is 1.